The molecule has 1 aromatic heterocycles. The lowest BCUT2D eigenvalue weighted by atomic mass is 10.7. The van der Waals surface area contributed by atoms with Crippen LogP contribution in [0.25, 0.3) is 0 Å². The largest absolute Gasteiger partial charge is 0.411 e. The Hall–Kier alpha value is -1.76. The van der Waals surface area contributed by atoms with Crippen LogP contribution in [0.15, 0.2) is 18.6 Å². The maximum atomic E-state index is 10.2. The second-order valence-corrected chi connectivity index (χ2v) is 2.29. The zero-order valence-electron chi connectivity index (χ0n) is 6.43. The number of nitrogens with zero attached hydrogens (tertiary/aromatic N) is 2. The number of hydrogen-bond donors (Lipinski definition) is 2. The summed E-state index contributed by atoms with van der Waals surface area (Å²) in [6, 6.07) is 0. The lowest BCUT2D eigenvalue weighted by Gasteiger charge is -2.03. The molecule has 0 atom stereocenters. The Morgan fingerprint density at radius 3 is 2.92 bits per heavy atom. The maximum absolute atomic E-state index is 10.2. The van der Waals surface area contributed by atoms with E-state index in [2.05, 4.69) is 32.2 Å². The Kier molecular flexibility index (Phi) is 3.09. The number of carbonyl (C=O) groups excluding carboxylic acids is 1. The first-order chi connectivity index (χ1) is 6.18. The zero-order valence-corrected chi connectivity index (χ0v) is 7.25. The van der Waals surface area contributed by atoms with Crippen LogP contribution < -0.4 is 11.1 Å². The molecule has 0 aromatic carbocycles. The summed E-state index contributed by atoms with van der Waals surface area (Å²) in [6.45, 7) is 0. The van der Waals surface area contributed by atoms with Gasteiger partial charge in [-0.05, 0) is 12.2 Å². The Morgan fingerprint density at radius 1 is 1.62 bits per heavy atom. The number of nitrogens with one attached hydrogen (secondary N) is 1. The molecule has 0 unspecified atom stereocenters. The normalized spacial score (nSPS) is 8.92. The Bertz CT molecular complexity index is 316. The van der Waals surface area contributed by atoms with Crippen LogP contribution >= 0.6 is 12.2 Å². The Morgan fingerprint density at radius 2 is 2.38 bits per heavy atom. The van der Waals surface area contributed by atoms with E-state index in [9.17, 15) is 4.79 Å². The molecule has 0 saturated heterocycles. The van der Waals surface area contributed by atoms with E-state index in [4.69, 9.17) is 5.73 Å². The molecular formula is C6H6N4O2S. The third-order valence-electron chi connectivity index (χ3n) is 0.987. The Labute approximate surface area is 79.1 Å². The minimum atomic E-state index is -0.971. The van der Waals surface area contributed by atoms with Crippen LogP contribution in [0, 0.1) is 0 Å². The van der Waals surface area contributed by atoms with Gasteiger partial charge in [0.2, 0.25) is 0 Å². The molecule has 0 aliphatic carbocycles. The smallest absolute Gasteiger partial charge is 0.383 e. The summed E-state index contributed by atoms with van der Waals surface area (Å²) >= 11 is 4.61. The number of primary amides is 1. The molecule has 1 amide bonds. The molecule has 0 saturated carbocycles. The molecule has 13 heavy (non-hydrogen) atoms. The van der Waals surface area contributed by atoms with Crippen molar-refractivity contribution in [1.29, 1.82) is 0 Å². The SMILES string of the molecule is NC(=O)OC(=S)Nc1cnccn1. The van der Waals surface area contributed by atoms with Gasteiger partial charge in [-0.2, -0.15) is 0 Å². The lowest BCUT2D eigenvalue weighted by Crippen LogP contribution is -2.22. The molecule has 6 nitrogen and oxygen atoms in total. The van der Waals surface area contributed by atoms with Gasteiger partial charge in [-0.25, -0.2) is 9.78 Å². The van der Waals surface area contributed by atoms with Crippen LogP contribution in [-0.2, 0) is 4.74 Å². The first kappa shape index (κ1) is 9.33. The third kappa shape index (κ3) is 3.43. The number of rotatable bonds is 1. The van der Waals surface area contributed by atoms with Crippen LogP contribution in [0.1, 0.15) is 0 Å². The topological polar surface area (TPSA) is 90.1 Å². The summed E-state index contributed by atoms with van der Waals surface area (Å²) in [7, 11) is 0. The molecule has 0 aliphatic heterocycles. The van der Waals surface area contributed by atoms with E-state index in [1.54, 1.807) is 0 Å². The van der Waals surface area contributed by atoms with Gasteiger partial charge in [0, 0.05) is 12.4 Å². The maximum Gasteiger partial charge on any atom is 0.411 e. The van der Waals surface area contributed by atoms with Crippen molar-refractivity contribution in [2.75, 3.05) is 5.32 Å². The molecule has 1 heterocycles. The summed E-state index contributed by atoms with van der Waals surface area (Å²) in [5.74, 6) is 0.383. The van der Waals surface area contributed by atoms with Crippen LogP contribution in [-0.4, -0.2) is 21.2 Å². The molecule has 1 rings (SSSR count). The van der Waals surface area contributed by atoms with Gasteiger partial charge in [0.15, 0.2) is 5.82 Å². The average molecular weight is 198 g/mol. The molecule has 0 bridgehead atoms. The van der Waals surface area contributed by atoms with E-state index in [-0.39, 0.29) is 5.17 Å². The van der Waals surface area contributed by atoms with Crippen LogP contribution in [0.3, 0.4) is 0 Å². The number of aromatic nitrogens is 2. The van der Waals surface area contributed by atoms with Crippen LogP contribution in [0.4, 0.5) is 10.6 Å². The molecule has 7 heteroatoms. The van der Waals surface area contributed by atoms with Crippen molar-refractivity contribution in [2.24, 2.45) is 5.73 Å². The first-order valence-corrected chi connectivity index (χ1v) is 3.63. The molecule has 68 valence electrons. The second kappa shape index (κ2) is 4.31. The lowest BCUT2D eigenvalue weighted by molar-refractivity contribution is 0.209. The van der Waals surface area contributed by atoms with Crippen molar-refractivity contribution in [3.05, 3.63) is 18.6 Å². The second-order valence-electron chi connectivity index (χ2n) is 1.92. The molecule has 3 N–H and O–H groups in total. The van der Waals surface area contributed by atoms with Crippen molar-refractivity contribution in [1.82, 2.24) is 9.97 Å². The highest BCUT2D eigenvalue weighted by atomic mass is 32.1. The van der Waals surface area contributed by atoms with E-state index < -0.39 is 6.09 Å². The van der Waals surface area contributed by atoms with Crippen molar-refractivity contribution in [3.8, 4) is 0 Å². The van der Waals surface area contributed by atoms with E-state index in [0.717, 1.165) is 0 Å². The fourth-order valence-electron chi connectivity index (χ4n) is 0.585. The predicted molar refractivity (Wildman–Crippen MR) is 48.9 cm³/mol. The van der Waals surface area contributed by atoms with Gasteiger partial charge in [-0.15, -0.1) is 0 Å². The van der Waals surface area contributed by atoms with Gasteiger partial charge in [0.05, 0.1) is 6.20 Å². The number of carbonyl (C=O) groups is 1. The monoisotopic (exact) mass is 198 g/mol. The van der Waals surface area contributed by atoms with Gasteiger partial charge in [0.1, 0.15) is 0 Å². The highest BCUT2D eigenvalue weighted by Gasteiger charge is 2.02. The molecule has 1 aromatic rings. The quantitative estimate of drug-likeness (QED) is 0.629. The fourth-order valence-corrected chi connectivity index (χ4v) is 0.772. The van der Waals surface area contributed by atoms with Gasteiger partial charge in [-0.1, -0.05) is 0 Å². The number of anilines is 1. The van der Waals surface area contributed by atoms with Gasteiger partial charge >= 0.3 is 6.09 Å². The van der Waals surface area contributed by atoms with E-state index in [1.807, 2.05) is 0 Å². The highest BCUT2D eigenvalue weighted by molar-refractivity contribution is 7.80. The summed E-state index contributed by atoms with van der Waals surface area (Å²) in [5.41, 5.74) is 4.72. The van der Waals surface area contributed by atoms with Gasteiger partial charge in [0.25, 0.3) is 5.17 Å². The molecule has 0 spiro atoms. The minimum Gasteiger partial charge on any atom is -0.383 e. The van der Waals surface area contributed by atoms with E-state index in [0.29, 0.717) is 5.82 Å². The summed E-state index contributed by atoms with van der Waals surface area (Å²) in [4.78, 5) is 17.8. The summed E-state index contributed by atoms with van der Waals surface area (Å²) < 4.78 is 4.35. The highest BCUT2D eigenvalue weighted by Crippen LogP contribution is 1.97. The van der Waals surface area contributed by atoms with Crippen molar-refractivity contribution in [3.63, 3.8) is 0 Å². The number of amides is 1. The minimum absolute atomic E-state index is 0.159. The molecular weight excluding hydrogens is 192 g/mol. The Balaban J connectivity index is 2.50. The number of thiocarbonyl (C=S) groups is 1. The zero-order chi connectivity index (χ0) is 9.68. The molecule has 0 radical (unpaired) electrons. The standard InChI is InChI=1S/C6H6N4O2S/c7-5(11)12-6(13)10-4-3-8-1-2-9-4/h1-3H,(H2,7,11)(H,9,10,13). The molecule has 0 aliphatic rings. The fraction of sp³-hybridized carbons (Fsp3) is 0. The number of hydrogen-bond acceptors (Lipinski definition) is 5. The van der Waals surface area contributed by atoms with Crippen molar-refractivity contribution < 1.29 is 9.53 Å². The predicted octanol–water partition coefficient (Wildman–Crippen LogP) is 0.269. The number of ether oxygens (including phenoxy) is 1. The van der Waals surface area contributed by atoms with E-state index >= 15 is 0 Å². The number of nitrogens with two attached hydrogens (primary N) is 1. The van der Waals surface area contributed by atoms with Gasteiger partial charge < -0.3 is 10.5 Å². The van der Waals surface area contributed by atoms with Crippen LogP contribution in [0.2, 0.25) is 0 Å². The van der Waals surface area contributed by atoms with Crippen LogP contribution in [0.5, 0.6) is 0 Å². The first-order valence-electron chi connectivity index (χ1n) is 3.23. The van der Waals surface area contributed by atoms with Gasteiger partial charge in [-0.3, -0.25) is 10.3 Å². The molecule has 0 fully saturated rings. The summed E-state index contributed by atoms with van der Waals surface area (Å²) in [6.07, 6.45) is 3.43. The summed E-state index contributed by atoms with van der Waals surface area (Å²) in [5, 5.41) is 2.35. The van der Waals surface area contributed by atoms with Crippen molar-refractivity contribution >= 4 is 29.3 Å². The van der Waals surface area contributed by atoms with Crippen molar-refractivity contribution in [2.45, 2.75) is 0 Å². The van der Waals surface area contributed by atoms with E-state index in [1.165, 1.54) is 18.6 Å². The third-order valence-corrected chi connectivity index (χ3v) is 1.17. The average Bonchev–Trinajstić information content (AvgIpc) is 2.04.